The molecule has 1 aromatic carbocycles. The largest absolute Gasteiger partial charge is 0.346 e. The van der Waals surface area contributed by atoms with Crippen LogP contribution in [0.25, 0.3) is 6.08 Å². The average molecular weight is 356 g/mol. The van der Waals surface area contributed by atoms with Crippen molar-refractivity contribution in [2.45, 2.75) is 44.8 Å². The predicted octanol–water partition coefficient (Wildman–Crippen LogP) is 3.23. The number of rotatable bonds is 6. The second kappa shape index (κ2) is 8.27. The number of carbonyl (C=O) groups is 1. The summed E-state index contributed by atoms with van der Waals surface area (Å²) in [5.41, 5.74) is 1.98. The highest BCUT2D eigenvalue weighted by molar-refractivity contribution is 5.77. The van der Waals surface area contributed by atoms with Crippen molar-refractivity contribution in [2.75, 3.05) is 6.54 Å². The Morgan fingerprint density at radius 1 is 1.35 bits per heavy atom. The van der Waals surface area contributed by atoms with Crippen LogP contribution in [0.5, 0.6) is 0 Å². The van der Waals surface area contributed by atoms with E-state index >= 15 is 0 Å². The molecule has 0 unspecified atom stereocenters. The number of benzene rings is 1. The summed E-state index contributed by atoms with van der Waals surface area (Å²) in [7, 11) is 0. The van der Waals surface area contributed by atoms with Crippen LogP contribution in [0.3, 0.4) is 0 Å². The second-order valence-corrected chi connectivity index (χ2v) is 6.85. The molecule has 1 aliphatic heterocycles. The number of nitrogens with one attached hydrogen (secondary N) is 2. The molecule has 0 saturated carbocycles. The molecule has 2 heterocycles. The lowest BCUT2D eigenvalue weighted by Crippen LogP contribution is -2.49. The molecular weight excluding hydrogens is 331 g/mol. The molecule has 5 nitrogen and oxygen atoms in total. The van der Waals surface area contributed by atoms with Gasteiger partial charge in [0, 0.05) is 31.2 Å². The first kappa shape index (κ1) is 18.3. The molecule has 1 aromatic heterocycles. The van der Waals surface area contributed by atoms with Crippen LogP contribution in [0, 0.1) is 5.82 Å². The topological polar surface area (TPSA) is 59.0 Å². The van der Waals surface area contributed by atoms with Crippen LogP contribution in [0.2, 0.25) is 0 Å². The Balaban J connectivity index is 1.65. The van der Waals surface area contributed by atoms with E-state index < -0.39 is 0 Å². The third-order valence-corrected chi connectivity index (χ3v) is 4.59. The maximum atomic E-state index is 12.9. The van der Waals surface area contributed by atoms with Crippen LogP contribution in [-0.4, -0.2) is 28.3 Å². The fourth-order valence-electron chi connectivity index (χ4n) is 3.29. The SMILES string of the molecule is CC(C)n1nccc1[C@@H]1NC(=O)CC[C@H]1NC/C=C/c1ccc(F)cc1. The number of piperidine rings is 1. The highest BCUT2D eigenvalue weighted by Gasteiger charge is 2.31. The molecule has 2 atom stereocenters. The van der Waals surface area contributed by atoms with Crippen molar-refractivity contribution < 1.29 is 9.18 Å². The van der Waals surface area contributed by atoms with E-state index in [1.165, 1.54) is 12.1 Å². The van der Waals surface area contributed by atoms with Gasteiger partial charge in [-0.25, -0.2) is 4.39 Å². The van der Waals surface area contributed by atoms with Crippen molar-refractivity contribution in [3.05, 3.63) is 59.7 Å². The summed E-state index contributed by atoms with van der Waals surface area (Å²) in [5, 5.41) is 11.0. The van der Waals surface area contributed by atoms with Gasteiger partial charge in [0.25, 0.3) is 0 Å². The van der Waals surface area contributed by atoms with Crippen molar-refractivity contribution in [1.29, 1.82) is 0 Å². The van der Waals surface area contributed by atoms with Gasteiger partial charge in [-0.15, -0.1) is 0 Å². The van der Waals surface area contributed by atoms with E-state index in [-0.39, 0.29) is 29.8 Å². The molecule has 1 saturated heterocycles. The molecule has 1 aliphatic rings. The Morgan fingerprint density at radius 3 is 2.85 bits per heavy atom. The molecule has 3 rings (SSSR count). The lowest BCUT2D eigenvalue weighted by molar-refractivity contribution is -0.124. The Bertz CT molecular complexity index is 766. The normalized spacial score (nSPS) is 20.7. The van der Waals surface area contributed by atoms with Crippen molar-refractivity contribution in [1.82, 2.24) is 20.4 Å². The number of nitrogens with zero attached hydrogens (tertiary/aromatic N) is 2. The minimum absolute atomic E-state index is 0.0754. The minimum Gasteiger partial charge on any atom is -0.346 e. The summed E-state index contributed by atoms with van der Waals surface area (Å²) in [6, 6.07) is 8.64. The van der Waals surface area contributed by atoms with Gasteiger partial charge >= 0.3 is 0 Å². The Kier molecular flexibility index (Phi) is 5.83. The monoisotopic (exact) mass is 356 g/mol. The average Bonchev–Trinajstić information content (AvgIpc) is 3.11. The molecule has 6 heteroatoms. The van der Waals surface area contributed by atoms with E-state index in [2.05, 4.69) is 29.6 Å². The van der Waals surface area contributed by atoms with Gasteiger partial charge in [0.15, 0.2) is 0 Å². The van der Waals surface area contributed by atoms with Gasteiger partial charge in [-0.05, 0) is 44.0 Å². The number of carbonyl (C=O) groups excluding carboxylic acids is 1. The van der Waals surface area contributed by atoms with Crippen molar-refractivity contribution in [2.24, 2.45) is 0 Å². The van der Waals surface area contributed by atoms with Crippen LogP contribution >= 0.6 is 0 Å². The quantitative estimate of drug-likeness (QED) is 0.835. The molecule has 0 aliphatic carbocycles. The van der Waals surface area contributed by atoms with E-state index in [0.717, 1.165) is 17.7 Å². The third-order valence-electron chi connectivity index (χ3n) is 4.59. The number of hydrogen-bond acceptors (Lipinski definition) is 3. The van der Waals surface area contributed by atoms with Gasteiger partial charge < -0.3 is 10.6 Å². The van der Waals surface area contributed by atoms with Gasteiger partial charge in [0.05, 0.1) is 11.7 Å². The lowest BCUT2D eigenvalue weighted by atomic mass is 9.95. The van der Waals surface area contributed by atoms with Gasteiger partial charge in [0.2, 0.25) is 5.91 Å². The molecular formula is C20H25FN4O. The van der Waals surface area contributed by atoms with Crippen molar-refractivity contribution in [3.63, 3.8) is 0 Å². The van der Waals surface area contributed by atoms with Gasteiger partial charge in [-0.3, -0.25) is 9.48 Å². The number of amides is 1. The van der Waals surface area contributed by atoms with E-state index in [0.29, 0.717) is 13.0 Å². The molecule has 138 valence electrons. The Hall–Kier alpha value is -2.47. The van der Waals surface area contributed by atoms with Crippen molar-refractivity contribution >= 4 is 12.0 Å². The van der Waals surface area contributed by atoms with E-state index in [1.807, 2.05) is 22.9 Å². The summed E-state index contributed by atoms with van der Waals surface area (Å²) < 4.78 is 14.9. The zero-order valence-corrected chi connectivity index (χ0v) is 15.2. The van der Waals surface area contributed by atoms with Crippen LogP contribution in [0.1, 0.15) is 50.0 Å². The van der Waals surface area contributed by atoms with E-state index in [4.69, 9.17) is 0 Å². The summed E-state index contributed by atoms with van der Waals surface area (Å²) >= 11 is 0. The molecule has 0 spiro atoms. The second-order valence-electron chi connectivity index (χ2n) is 6.85. The van der Waals surface area contributed by atoms with Crippen LogP contribution in [0.15, 0.2) is 42.6 Å². The molecule has 1 amide bonds. The minimum atomic E-state index is -0.233. The predicted molar refractivity (Wildman–Crippen MR) is 100.0 cm³/mol. The summed E-state index contributed by atoms with van der Waals surface area (Å²) in [5.74, 6) is -0.158. The van der Waals surface area contributed by atoms with Crippen molar-refractivity contribution in [3.8, 4) is 0 Å². The zero-order valence-electron chi connectivity index (χ0n) is 15.2. The van der Waals surface area contributed by atoms with Crippen LogP contribution in [0.4, 0.5) is 4.39 Å². The Morgan fingerprint density at radius 2 is 2.12 bits per heavy atom. The first-order chi connectivity index (χ1) is 12.5. The third kappa shape index (κ3) is 4.38. The van der Waals surface area contributed by atoms with Gasteiger partial charge in [-0.1, -0.05) is 24.3 Å². The summed E-state index contributed by atoms with van der Waals surface area (Å²) in [6.07, 6.45) is 7.05. The standard InChI is InChI=1S/C20H25FN4O/c1-14(2)25-18(11-13-23-25)20-17(9-10-19(26)24-20)22-12-3-4-15-5-7-16(21)8-6-15/h3-8,11,13-14,17,20,22H,9-10,12H2,1-2H3,(H,24,26)/b4-3+/t17-,20-/m1/s1. The number of halogens is 1. The zero-order chi connectivity index (χ0) is 18.5. The molecule has 26 heavy (non-hydrogen) atoms. The van der Waals surface area contributed by atoms with Gasteiger partial charge in [-0.2, -0.15) is 5.10 Å². The number of aromatic nitrogens is 2. The first-order valence-electron chi connectivity index (χ1n) is 9.03. The highest BCUT2D eigenvalue weighted by Crippen LogP contribution is 2.25. The lowest BCUT2D eigenvalue weighted by Gasteiger charge is -2.33. The Labute approximate surface area is 153 Å². The van der Waals surface area contributed by atoms with E-state index in [9.17, 15) is 9.18 Å². The smallest absolute Gasteiger partial charge is 0.220 e. The highest BCUT2D eigenvalue weighted by atomic mass is 19.1. The molecule has 2 N–H and O–H groups in total. The van der Waals surface area contributed by atoms with Crippen LogP contribution in [-0.2, 0) is 4.79 Å². The molecule has 0 radical (unpaired) electrons. The van der Waals surface area contributed by atoms with E-state index in [1.54, 1.807) is 18.3 Å². The summed E-state index contributed by atoms with van der Waals surface area (Å²) in [4.78, 5) is 11.9. The molecule has 2 aromatic rings. The molecule has 0 bridgehead atoms. The van der Waals surface area contributed by atoms with Crippen LogP contribution < -0.4 is 10.6 Å². The summed E-state index contributed by atoms with van der Waals surface area (Å²) in [6.45, 7) is 4.83. The fourth-order valence-corrected chi connectivity index (χ4v) is 3.29. The number of hydrogen-bond donors (Lipinski definition) is 2. The maximum absolute atomic E-state index is 12.9. The fraction of sp³-hybridized carbons (Fsp3) is 0.400. The maximum Gasteiger partial charge on any atom is 0.220 e. The first-order valence-corrected chi connectivity index (χ1v) is 9.03. The van der Waals surface area contributed by atoms with Gasteiger partial charge in [0.1, 0.15) is 5.82 Å². The molecule has 1 fully saturated rings.